The highest BCUT2D eigenvalue weighted by Gasteiger charge is 2.21. The van der Waals surface area contributed by atoms with Gasteiger partial charge in [0, 0.05) is 4.57 Å². The fourth-order valence-electron chi connectivity index (χ4n) is 1.08. The summed E-state index contributed by atoms with van der Waals surface area (Å²) in [5.41, 5.74) is 0. The van der Waals surface area contributed by atoms with Crippen molar-refractivity contribution in [3.8, 4) is 0 Å². The Labute approximate surface area is 133 Å². The molecule has 0 heterocycles. The smallest absolute Gasteiger partial charge is 0.321 e. The SMILES string of the molecule is CC(C)CO[P+](=O)OCC(C)C.O=P(O)(O)c1ccccc1. The van der Waals surface area contributed by atoms with Gasteiger partial charge in [0.15, 0.2) is 0 Å². The quantitative estimate of drug-likeness (QED) is 0.731. The van der Waals surface area contributed by atoms with E-state index in [0.29, 0.717) is 25.0 Å². The fourth-order valence-corrected chi connectivity index (χ4v) is 2.55. The predicted molar refractivity (Wildman–Crippen MR) is 87.3 cm³/mol. The molecule has 0 atom stereocenters. The molecule has 0 saturated carbocycles. The molecule has 0 aliphatic rings. The van der Waals surface area contributed by atoms with Gasteiger partial charge in [0.2, 0.25) is 0 Å². The predicted octanol–water partition coefficient (Wildman–Crippen LogP) is 3.48. The molecule has 1 aromatic rings. The van der Waals surface area contributed by atoms with Crippen LogP contribution in [-0.4, -0.2) is 23.0 Å². The maximum atomic E-state index is 11.0. The van der Waals surface area contributed by atoms with E-state index in [-0.39, 0.29) is 5.30 Å². The van der Waals surface area contributed by atoms with Gasteiger partial charge in [0.25, 0.3) is 0 Å². The van der Waals surface area contributed by atoms with Crippen LogP contribution in [0.25, 0.3) is 0 Å². The molecule has 0 aliphatic heterocycles. The molecule has 0 radical (unpaired) electrons. The van der Waals surface area contributed by atoms with Gasteiger partial charge in [0.05, 0.1) is 5.30 Å². The van der Waals surface area contributed by atoms with Crippen LogP contribution < -0.4 is 5.30 Å². The molecule has 126 valence electrons. The molecule has 0 spiro atoms. The second kappa shape index (κ2) is 11.0. The van der Waals surface area contributed by atoms with Gasteiger partial charge in [-0.15, -0.1) is 9.05 Å². The first-order valence-corrected chi connectivity index (χ1v) is 9.68. The van der Waals surface area contributed by atoms with E-state index in [1.165, 1.54) is 12.1 Å². The Kier molecular flexibility index (Phi) is 10.7. The summed E-state index contributed by atoms with van der Waals surface area (Å²) < 4.78 is 31.4. The average molecular weight is 351 g/mol. The number of hydrogen-bond donors (Lipinski definition) is 2. The lowest BCUT2D eigenvalue weighted by molar-refractivity contribution is 0.192. The maximum Gasteiger partial charge on any atom is 0.697 e. The van der Waals surface area contributed by atoms with E-state index in [9.17, 15) is 9.13 Å². The van der Waals surface area contributed by atoms with Gasteiger partial charge < -0.3 is 9.79 Å². The fraction of sp³-hybridized carbons (Fsp3) is 0.571. The lowest BCUT2D eigenvalue weighted by Crippen LogP contribution is -2.01. The maximum absolute atomic E-state index is 11.0. The van der Waals surface area contributed by atoms with E-state index >= 15 is 0 Å². The van der Waals surface area contributed by atoms with E-state index in [4.69, 9.17) is 18.8 Å². The Morgan fingerprint density at radius 2 is 1.41 bits per heavy atom. The van der Waals surface area contributed by atoms with Crippen molar-refractivity contribution in [3.05, 3.63) is 30.3 Å². The first-order chi connectivity index (χ1) is 10.1. The lowest BCUT2D eigenvalue weighted by Gasteiger charge is -2.00. The third-order valence-corrected chi connectivity index (χ3v) is 3.81. The minimum atomic E-state index is -4.02. The van der Waals surface area contributed by atoms with E-state index in [1.807, 2.05) is 27.7 Å². The molecule has 0 amide bonds. The second-order valence-corrected chi connectivity index (χ2v) is 8.05. The van der Waals surface area contributed by atoms with Crippen LogP contribution in [0.4, 0.5) is 0 Å². The van der Waals surface area contributed by atoms with Crippen LogP contribution in [-0.2, 0) is 18.2 Å². The molecule has 8 heteroatoms. The highest BCUT2D eigenvalue weighted by atomic mass is 31.2. The van der Waals surface area contributed by atoms with Crippen molar-refractivity contribution >= 4 is 21.2 Å². The van der Waals surface area contributed by atoms with Crippen LogP contribution in [0.15, 0.2) is 30.3 Å². The Hall–Kier alpha value is -0.610. The zero-order chi connectivity index (χ0) is 17.2. The third kappa shape index (κ3) is 12.0. The first kappa shape index (κ1) is 21.4. The molecule has 0 bridgehead atoms. The summed E-state index contributed by atoms with van der Waals surface area (Å²) in [6.45, 7) is 9.01. The van der Waals surface area contributed by atoms with Gasteiger partial charge in [-0.2, -0.15) is 0 Å². The van der Waals surface area contributed by atoms with E-state index in [0.717, 1.165) is 0 Å². The number of benzene rings is 1. The summed E-state index contributed by atoms with van der Waals surface area (Å²) in [7, 11) is -5.91. The van der Waals surface area contributed by atoms with Crippen molar-refractivity contribution in [2.75, 3.05) is 13.2 Å². The van der Waals surface area contributed by atoms with Crippen LogP contribution in [0.3, 0.4) is 0 Å². The van der Waals surface area contributed by atoms with Crippen molar-refractivity contribution in [2.24, 2.45) is 11.8 Å². The van der Waals surface area contributed by atoms with Gasteiger partial charge in [-0.3, -0.25) is 4.57 Å². The van der Waals surface area contributed by atoms with Crippen LogP contribution in [0.2, 0.25) is 0 Å². The van der Waals surface area contributed by atoms with Crippen molar-refractivity contribution < 1.29 is 28.0 Å². The summed E-state index contributed by atoms with van der Waals surface area (Å²) in [5.74, 6) is 0.790. The van der Waals surface area contributed by atoms with Gasteiger partial charge >= 0.3 is 15.9 Å². The molecule has 0 aliphatic carbocycles. The standard InChI is InChI=1S/C8H18O3P.C6H7O3P/c1-7(2)5-10-12(9)11-6-8(3)4;7-10(8,9)6-4-2-1-3-5-6/h7-8H,5-6H2,1-4H3;1-5H,(H2,7,8,9)/q+1;. The molecule has 2 N–H and O–H groups in total. The van der Waals surface area contributed by atoms with Crippen LogP contribution >= 0.6 is 15.9 Å². The normalized spacial score (nSPS) is 11.3. The summed E-state index contributed by atoms with van der Waals surface area (Å²) in [4.78, 5) is 17.2. The van der Waals surface area contributed by atoms with Crippen molar-refractivity contribution in [2.45, 2.75) is 27.7 Å². The van der Waals surface area contributed by atoms with Gasteiger partial charge in [-0.25, -0.2) is 0 Å². The monoisotopic (exact) mass is 351 g/mol. The summed E-state index contributed by atoms with van der Waals surface area (Å²) in [5, 5.41) is 0.0648. The minimum Gasteiger partial charge on any atom is -0.321 e. The molecule has 0 fully saturated rings. The van der Waals surface area contributed by atoms with Gasteiger partial charge in [-0.1, -0.05) is 45.9 Å². The van der Waals surface area contributed by atoms with Crippen molar-refractivity contribution in [1.82, 2.24) is 0 Å². The highest BCUT2D eigenvalue weighted by molar-refractivity contribution is 7.60. The number of rotatable bonds is 7. The summed E-state index contributed by atoms with van der Waals surface area (Å²) in [6.07, 6.45) is 0. The Balaban J connectivity index is 0.000000406. The average Bonchev–Trinajstić information content (AvgIpc) is 2.43. The van der Waals surface area contributed by atoms with E-state index in [2.05, 4.69) is 0 Å². The summed E-state index contributed by atoms with van der Waals surface area (Å²) in [6, 6.07) is 7.70. The topological polar surface area (TPSA) is 93.1 Å². The summed E-state index contributed by atoms with van der Waals surface area (Å²) >= 11 is 0. The zero-order valence-electron chi connectivity index (χ0n) is 13.4. The van der Waals surface area contributed by atoms with Gasteiger partial charge in [0.1, 0.15) is 13.2 Å². The largest absolute Gasteiger partial charge is 0.697 e. The first-order valence-electron chi connectivity index (χ1n) is 6.97. The van der Waals surface area contributed by atoms with E-state index < -0.39 is 15.9 Å². The lowest BCUT2D eigenvalue weighted by atomic mass is 10.2. The molecule has 0 aromatic heterocycles. The Morgan fingerprint density at radius 3 is 1.68 bits per heavy atom. The molecule has 1 rings (SSSR count). The van der Waals surface area contributed by atoms with Gasteiger partial charge in [-0.05, 0) is 24.0 Å². The molecular formula is C14H25O6P2+. The van der Waals surface area contributed by atoms with Crippen molar-refractivity contribution in [1.29, 1.82) is 0 Å². The number of hydrogen-bond acceptors (Lipinski definition) is 4. The molecule has 1 aromatic carbocycles. The van der Waals surface area contributed by atoms with E-state index in [1.54, 1.807) is 18.2 Å². The third-order valence-electron chi connectivity index (χ3n) is 2.12. The molecule has 22 heavy (non-hydrogen) atoms. The Bertz CT molecular complexity index is 455. The van der Waals surface area contributed by atoms with Crippen LogP contribution in [0.1, 0.15) is 27.7 Å². The van der Waals surface area contributed by atoms with Crippen LogP contribution in [0.5, 0.6) is 0 Å². The highest BCUT2D eigenvalue weighted by Crippen LogP contribution is 2.32. The minimum absolute atomic E-state index is 0.0648. The zero-order valence-corrected chi connectivity index (χ0v) is 15.2. The Morgan fingerprint density at radius 1 is 1.00 bits per heavy atom. The van der Waals surface area contributed by atoms with Crippen LogP contribution in [0, 0.1) is 11.8 Å². The second-order valence-electron chi connectivity index (χ2n) is 5.48. The molecular weight excluding hydrogens is 326 g/mol. The molecule has 0 unspecified atom stereocenters. The van der Waals surface area contributed by atoms with Crippen molar-refractivity contribution in [3.63, 3.8) is 0 Å². The molecule has 0 saturated heterocycles. The molecule has 6 nitrogen and oxygen atoms in total.